The second kappa shape index (κ2) is 7.22. The summed E-state index contributed by atoms with van der Waals surface area (Å²) < 4.78 is 0. The molecule has 0 aliphatic heterocycles. The lowest BCUT2D eigenvalue weighted by molar-refractivity contribution is -0.144. The van der Waals surface area contributed by atoms with Gasteiger partial charge < -0.3 is 15.0 Å². The van der Waals surface area contributed by atoms with E-state index >= 15 is 0 Å². The maximum absolute atomic E-state index is 12.0. The van der Waals surface area contributed by atoms with E-state index in [1.54, 1.807) is 6.92 Å². The maximum Gasteiger partial charge on any atom is 0.325 e. The number of carbonyl (C=O) groups is 2. The zero-order chi connectivity index (χ0) is 16.0. The lowest BCUT2D eigenvalue weighted by atomic mass is 10.1. The molecule has 1 rings (SSSR count). The molecule has 0 aliphatic carbocycles. The highest BCUT2D eigenvalue weighted by Gasteiger charge is 2.16. The number of nitrogens with zero attached hydrogens (tertiary/aromatic N) is 1. The normalized spacial score (nSPS) is 10.1. The summed E-state index contributed by atoms with van der Waals surface area (Å²) in [7, 11) is 0. The van der Waals surface area contributed by atoms with Gasteiger partial charge in [-0.1, -0.05) is 6.08 Å². The Bertz CT molecular complexity index is 659. The minimum atomic E-state index is -1.12. The van der Waals surface area contributed by atoms with Crippen LogP contribution in [0.5, 0.6) is 0 Å². The lowest BCUT2D eigenvalue weighted by Gasteiger charge is -2.18. The summed E-state index contributed by atoms with van der Waals surface area (Å²) in [6.07, 6.45) is 1.51. The molecule has 3 N–H and O–H groups in total. The van der Waals surface area contributed by atoms with Crippen molar-refractivity contribution in [3.05, 3.63) is 44.8 Å². The van der Waals surface area contributed by atoms with Crippen LogP contribution < -0.4 is 11.2 Å². The summed E-state index contributed by atoms with van der Waals surface area (Å²) in [6.45, 7) is 4.72. The van der Waals surface area contributed by atoms with E-state index < -0.39 is 29.7 Å². The van der Waals surface area contributed by atoms with Crippen molar-refractivity contribution >= 4 is 11.9 Å². The molecule has 0 aromatic carbocycles. The molecular formula is C13H17N3O5. The second-order valence-electron chi connectivity index (χ2n) is 4.47. The number of rotatable bonds is 7. The minimum Gasteiger partial charge on any atom is -0.480 e. The number of carboxylic acid groups (broad SMARTS) is 1. The quantitative estimate of drug-likeness (QED) is 0.580. The van der Waals surface area contributed by atoms with Crippen molar-refractivity contribution in [2.45, 2.75) is 19.8 Å². The predicted octanol–water partition coefficient (Wildman–Crippen LogP) is -0.597. The van der Waals surface area contributed by atoms with Crippen molar-refractivity contribution in [3.8, 4) is 0 Å². The van der Waals surface area contributed by atoms with Crippen LogP contribution in [0.25, 0.3) is 0 Å². The van der Waals surface area contributed by atoms with Gasteiger partial charge in [0.25, 0.3) is 5.56 Å². The fraction of sp³-hybridized carbons (Fsp3) is 0.385. The van der Waals surface area contributed by atoms with Gasteiger partial charge in [0.1, 0.15) is 6.54 Å². The van der Waals surface area contributed by atoms with Gasteiger partial charge in [-0.2, -0.15) is 0 Å². The van der Waals surface area contributed by atoms with Gasteiger partial charge in [0.05, 0.1) is 0 Å². The number of aliphatic carboxylic acids is 1. The molecule has 8 nitrogen and oxygen atoms in total. The highest BCUT2D eigenvalue weighted by atomic mass is 16.4. The van der Waals surface area contributed by atoms with Gasteiger partial charge in [0.15, 0.2) is 0 Å². The second-order valence-corrected chi connectivity index (χ2v) is 4.47. The lowest BCUT2D eigenvalue weighted by Crippen LogP contribution is -2.36. The van der Waals surface area contributed by atoms with Gasteiger partial charge >= 0.3 is 11.7 Å². The van der Waals surface area contributed by atoms with Crippen molar-refractivity contribution < 1.29 is 14.7 Å². The molecule has 0 unspecified atom stereocenters. The fourth-order valence-electron chi connectivity index (χ4n) is 1.89. The first-order valence-electron chi connectivity index (χ1n) is 6.27. The number of amides is 1. The third-order valence-corrected chi connectivity index (χ3v) is 2.87. The van der Waals surface area contributed by atoms with Crippen molar-refractivity contribution in [1.29, 1.82) is 0 Å². The first-order valence-corrected chi connectivity index (χ1v) is 6.27. The van der Waals surface area contributed by atoms with E-state index in [1.807, 2.05) is 0 Å². The highest BCUT2D eigenvalue weighted by Crippen LogP contribution is 2.03. The predicted molar refractivity (Wildman–Crippen MR) is 75.2 cm³/mol. The standard InChI is InChI=1S/C13H17N3O5/c1-3-6-16(7-11(18)19)10(17)5-4-9-8(2)14-13(21)15-12(9)20/h3H,1,4-7H2,2H3,(H,18,19)(H2,14,15,20,21). The number of carbonyl (C=O) groups excluding carboxylic acids is 1. The fourth-order valence-corrected chi connectivity index (χ4v) is 1.89. The molecule has 21 heavy (non-hydrogen) atoms. The number of aryl methyl sites for hydroxylation is 1. The van der Waals surface area contributed by atoms with Crippen molar-refractivity contribution in [1.82, 2.24) is 14.9 Å². The van der Waals surface area contributed by atoms with Crippen LogP contribution in [-0.4, -0.2) is 44.9 Å². The molecule has 0 atom stereocenters. The number of hydrogen-bond acceptors (Lipinski definition) is 4. The van der Waals surface area contributed by atoms with Crippen LogP contribution >= 0.6 is 0 Å². The molecule has 0 saturated heterocycles. The Labute approximate surface area is 120 Å². The molecule has 0 bridgehead atoms. The third kappa shape index (κ3) is 4.75. The highest BCUT2D eigenvalue weighted by molar-refractivity contribution is 5.81. The summed E-state index contributed by atoms with van der Waals surface area (Å²) >= 11 is 0. The van der Waals surface area contributed by atoms with Crippen LogP contribution in [0.2, 0.25) is 0 Å². The van der Waals surface area contributed by atoms with E-state index in [4.69, 9.17) is 5.11 Å². The van der Waals surface area contributed by atoms with Gasteiger partial charge in [-0.05, 0) is 13.3 Å². The molecule has 0 aliphatic rings. The third-order valence-electron chi connectivity index (χ3n) is 2.87. The Balaban J connectivity index is 2.80. The van der Waals surface area contributed by atoms with Gasteiger partial charge in [-0.15, -0.1) is 6.58 Å². The van der Waals surface area contributed by atoms with Gasteiger partial charge in [0, 0.05) is 24.2 Å². The zero-order valence-electron chi connectivity index (χ0n) is 11.6. The van der Waals surface area contributed by atoms with E-state index in [2.05, 4.69) is 16.5 Å². The molecule has 8 heteroatoms. The smallest absolute Gasteiger partial charge is 0.325 e. The zero-order valence-corrected chi connectivity index (χ0v) is 11.6. The molecule has 0 radical (unpaired) electrons. The first kappa shape index (κ1) is 16.4. The number of nitrogens with one attached hydrogen (secondary N) is 2. The Hall–Kier alpha value is -2.64. The summed E-state index contributed by atoms with van der Waals surface area (Å²) in [5.74, 6) is -1.52. The number of carboxylic acids is 1. The molecule has 1 heterocycles. The van der Waals surface area contributed by atoms with Crippen molar-refractivity contribution in [3.63, 3.8) is 0 Å². The topological polar surface area (TPSA) is 123 Å². The van der Waals surface area contributed by atoms with Gasteiger partial charge in [-0.25, -0.2) is 4.79 Å². The largest absolute Gasteiger partial charge is 0.480 e. The van der Waals surface area contributed by atoms with E-state index in [0.29, 0.717) is 11.3 Å². The molecule has 114 valence electrons. The minimum absolute atomic E-state index is 0.0307. The molecule has 1 aromatic rings. The number of H-pyrrole nitrogens is 2. The van der Waals surface area contributed by atoms with Crippen LogP contribution in [0.4, 0.5) is 0 Å². The first-order chi connectivity index (χ1) is 9.85. The van der Waals surface area contributed by atoms with E-state index in [9.17, 15) is 19.2 Å². The molecule has 1 amide bonds. The monoisotopic (exact) mass is 295 g/mol. The number of aromatic amines is 2. The molecule has 0 spiro atoms. The van der Waals surface area contributed by atoms with Crippen LogP contribution in [0.1, 0.15) is 17.7 Å². The van der Waals surface area contributed by atoms with Crippen molar-refractivity contribution in [2.24, 2.45) is 0 Å². The van der Waals surface area contributed by atoms with E-state index in [-0.39, 0.29) is 19.4 Å². The SMILES string of the molecule is C=CCN(CC(=O)O)C(=O)CCc1c(C)[nH]c(=O)[nH]c1=O. The summed E-state index contributed by atoms with van der Waals surface area (Å²) in [6, 6.07) is 0. The summed E-state index contributed by atoms with van der Waals surface area (Å²) in [5, 5.41) is 8.74. The Morgan fingerprint density at radius 3 is 2.52 bits per heavy atom. The van der Waals surface area contributed by atoms with E-state index in [1.165, 1.54) is 6.08 Å². The van der Waals surface area contributed by atoms with Crippen LogP contribution in [0.15, 0.2) is 22.2 Å². The Morgan fingerprint density at radius 2 is 2.00 bits per heavy atom. The summed E-state index contributed by atoms with van der Waals surface area (Å²) in [5.41, 5.74) is -0.453. The van der Waals surface area contributed by atoms with Crippen LogP contribution in [-0.2, 0) is 16.0 Å². The summed E-state index contributed by atoms with van der Waals surface area (Å²) in [4.78, 5) is 51.0. The molecular weight excluding hydrogens is 278 g/mol. The Morgan fingerprint density at radius 1 is 1.33 bits per heavy atom. The molecule has 0 fully saturated rings. The van der Waals surface area contributed by atoms with Crippen LogP contribution in [0, 0.1) is 6.92 Å². The van der Waals surface area contributed by atoms with Gasteiger partial charge in [-0.3, -0.25) is 19.4 Å². The van der Waals surface area contributed by atoms with Crippen LogP contribution in [0.3, 0.4) is 0 Å². The average molecular weight is 295 g/mol. The molecule has 0 saturated carbocycles. The van der Waals surface area contributed by atoms with Gasteiger partial charge in [0.2, 0.25) is 5.91 Å². The average Bonchev–Trinajstić information content (AvgIpc) is 2.36. The van der Waals surface area contributed by atoms with E-state index in [0.717, 1.165) is 4.90 Å². The number of hydrogen-bond donors (Lipinski definition) is 3. The molecule has 1 aromatic heterocycles. The van der Waals surface area contributed by atoms with Crippen molar-refractivity contribution in [2.75, 3.05) is 13.1 Å². The Kier molecular flexibility index (Phi) is 5.65. The number of aromatic nitrogens is 2. The maximum atomic E-state index is 12.0.